The summed E-state index contributed by atoms with van der Waals surface area (Å²) in [6.07, 6.45) is 4.75. The summed E-state index contributed by atoms with van der Waals surface area (Å²) >= 11 is 0. The molecule has 0 atom stereocenters. The third-order valence-electron chi connectivity index (χ3n) is 8.06. The highest BCUT2D eigenvalue weighted by Gasteiger charge is 2.42. The number of likely N-dealkylation sites (tertiary alicyclic amines) is 2. The number of aliphatic hydroxyl groups is 1. The summed E-state index contributed by atoms with van der Waals surface area (Å²) < 4.78 is 21.4. The van der Waals surface area contributed by atoms with Crippen LogP contribution < -0.4 is 0 Å². The molecule has 0 aromatic heterocycles. The zero-order valence-electron chi connectivity index (χ0n) is 23.7. The second-order valence-corrected chi connectivity index (χ2v) is 11.9. The van der Waals surface area contributed by atoms with Gasteiger partial charge in [0, 0.05) is 32.2 Å². The largest absolute Gasteiger partial charge is 0.465 e. The first-order valence-electron chi connectivity index (χ1n) is 13.8. The van der Waals surface area contributed by atoms with E-state index in [-0.39, 0.29) is 29.4 Å². The van der Waals surface area contributed by atoms with Gasteiger partial charge in [-0.2, -0.15) is 0 Å². The third kappa shape index (κ3) is 6.91. The highest BCUT2D eigenvalue weighted by molar-refractivity contribution is 6.03. The molecule has 0 bridgehead atoms. The number of piperidine rings is 2. The van der Waals surface area contributed by atoms with Crippen molar-refractivity contribution in [2.75, 3.05) is 40.4 Å². The van der Waals surface area contributed by atoms with E-state index in [4.69, 9.17) is 18.9 Å². The first-order valence-corrected chi connectivity index (χ1v) is 13.8. The second-order valence-electron chi connectivity index (χ2n) is 11.9. The smallest absolute Gasteiger partial charge is 0.410 e. The Labute approximate surface area is 230 Å². The van der Waals surface area contributed by atoms with Gasteiger partial charge >= 0.3 is 18.0 Å². The van der Waals surface area contributed by atoms with Gasteiger partial charge in [0.2, 0.25) is 0 Å². The number of esters is 2. The topological polar surface area (TPSA) is 115 Å². The van der Waals surface area contributed by atoms with Crippen molar-refractivity contribution in [1.82, 2.24) is 9.80 Å². The van der Waals surface area contributed by atoms with Gasteiger partial charge in [-0.15, -0.1) is 0 Å². The maximum absolute atomic E-state index is 12.3. The summed E-state index contributed by atoms with van der Waals surface area (Å²) in [5.41, 5.74) is -0.770. The minimum Gasteiger partial charge on any atom is -0.465 e. The van der Waals surface area contributed by atoms with Crippen LogP contribution in [-0.2, 0) is 24.5 Å². The summed E-state index contributed by atoms with van der Waals surface area (Å²) in [6, 6.07) is 5.18. The Morgan fingerprint density at radius 1 is 0.897 bits per heavy atom. The normalized spacial score (nSPS) is 24.0. The van der Waals surface area contributed by atoms with Gasteiger partial charge in [-0.05, 0) is 77.0 Å². The maximum atomic E-state index is 12.3. The fourth-order valence-corrected chi connectivity index (χ4v) is 5.67. The van der Waals surface area contributed by atoms with E-state index in [2.05, 4.69) is 4.90 Å². The van der Waals surface area contributed by atoms with E-state index < -0.39 is 23.1 Å². The Morgan fingerprint density at radius 3 is 2.05 bits per heavy atom. The SMILES string of the molecule is COC(=O)c1ccc(C2(O)CCN([C@H]3C[C@H](OC4CCN(C(=O)OC(C)(C)C)CC4)C3)CC2)cc1C(=O)OC. The summed E-state index contributed by atoms with van der Waals surface area (Å²) in [6.45, 7) is 8.39. The Hall–Kier alpha value is -2.69. The lowest BCUT2D eigenvalue weighted by atomic mass is 9.80. The van der Waals surface area contributed by atoms with Crippen LogP contribution in [0, 0.1) is 0 Å². The zero-order valence-corrected chi connectivity index (χ0v) is 23.7. The van der Waals surface area contributed by atoms with Crippen molar-refractivity contribution >= 4 is 18.0 Å². The number of carbonyl (C=O) groups is 3. The van der Waals surface area contributed by atoms with Crippen molar-refractivity contribution in [1.29, 1.82) is 0 Å². The summed E-state index contributed by atoms with van der Waals surface area (Å²) in [5, 5.41) is 11.4. The average molecular weight is 547 g/mol. The van der Waals surface area contributed by atoms with E-state index >= 15 is 0 Å². The molecule has 1 aromatic carbocycles. The molecule has 2 aliphatic heterocycles. The molecule has 1 amide bonds. The summed E-state index contributed by atoms with van der Waals surface area (Å²) in [4.78, 5) is 40.8. The van der Waals surface area contributed by atoms with Gasteiger partial charge in [0.15, 0.2) is 0 Å². The standard InChI is InChI=1S/C29H42N2O8/c1-28(2,3)39-27(34)31-12-8-21(9-13-31)38-22-17-20(18-22)30-14-10-29(35,11-15-30)19-6-7-23(25(32)36-4)24(16-19)26(33)37-5/h6-7,16,20-22,35H,8-15,17-18H2,1-5H3/t20-,22-. The molecule has 10 nitrogen and oxygen atoms in total. The lowest BCUT2D eigenvalue weighted by Crippen LogP contribution is -2.54. The number of hydrogen-bond acceptors (Lipinski definition) is 9. The lowest BCUT2D eigenvalue weighted by molar-refractivity contribution is -0.116. The van der Waals surface area contributed by atoms with Gasteiger partial charge < -0.3 is 29.0 Å². The van der Waals surface area contributed by atoms with Gasteiger partial charge in [-0.25, -0.2) is 14.4 Å². The second kappa shape index (κ2) is 11.8. The van der Waals surface area contributed by atoms with E-state index in [1.807, 2.05) is 20.8 Å². The highest BCUT2D eigenvalue weighted by Crippen LogP contribution is 2.38. The minimum absolute atomic E-state index is 0.0913. The summed E-state index contributed by atoms with van der Waals surface area (Å²) in [7, 11) is 2.51. The zero-order chi connectivity index (χ0) is 28.4. The van der Waals surface area contributed by atoms with Crippen LogP contribution >= 0.6 is 0 Å². The number of nitrogens with zero attached hydrogens (tertiary/aromatic N) is 2. The van der Waals surface area contributed by atoms with E-state index in [9.17, 15) is 19.5 Å². The lowest BCUT2D eigenvalue weighted by Gasteiger charge is -2.48. The van der Waals surface area contributed by atoms with Gasteiger partial charge in [-0.3, -0.25) is 4.90 Å². The predicted octanol–water partition coefficient (Wildman–Crippen LogP) is 3.49. The van der Waals surface area contributed by atoms with E-state index in [0.29, 0.717) is 37.5 Å². The van der Waals surface area contributed by atoms with Crippen LogP contribution in [0.4, 0.5) is 4.79 Å². The van der Waals surface area contributed by atoms with Crippen molar-refractivity contribution in [3.8, 4) is 0 Å². The van der Waals surface area contributed by atoms with Crippen LogP contribution in [0.3, 0.4) is 0 Å². The van der Waals surface area contributed by atoms with Crippen molar-refractivity contribution in [2.45, 2.75) is 88.7 Å². The molecular weight excluding hydrogens is 504 g/mol. The maximum Gasteiger partial charge on any atom is 0.410 e. The van der Waals surface area contributed by atoms with Crippen molar-refractivity contribution in [3.63, 3.8) is 0 Å². The Morgan fingerprint density at radius 2 is 1.49 bits per heavy atom. The fraction of sp³-hybridized carbons (Fsp3) is 0.690. The van der Waals surface area contributed by atoms with Crippen molar-refractivity contribution in [3.05, 3.63) is 34.9 Å². The van der Waals surface area contributed by atoms with E-state index in [1.165, 1.54) is 20.3 Å². The molecule has 3 aliphatic rings. The molecule has 1 N–H and O–H groups in total. The number of methoxy groups -OCH3 is 2. The Balaban J connectivity index is 1.24. The minimum atomic E-state index is -1.09. The van der Waals surface area contributed by atoms with Crippen molar-refractivity contribution in [2.24, 2.45) is 0 Å². The van der Waals surface area contributed by atoms with Crippen molar-refractivity contribution < 1.29 is 38.4 Å². The number of hydrogen-bond donors (Lipinski definition) is 1. The highest BCUT2D eigenvalue weighted by atomic mass is 16.6. The molecule has 0 unspecified atom stereocenters. The molecule has 216 valence electrons. The molecular formula is C29H42N2O8. The van der Waals surface area contributed by atoms with Gasteiger partial charge in [0.1, 0.15) is 5.60 Å². The Kier molecular flexibility index (Phi) is 8.88. The quantitative estimate of drug-likeness (QED) is 0.423. The van der Waals surface area contributed by atoms with Crippen LogP contribution in [-0.4, -0.2) is 97.2 Å². The van der Waals surface area contributed by atoms with Crippen LogP contribution in [0.25, 0.3) is 0 Å². The molecule has 2 heterocycles. The summed E-state index contributed by atoms with van der Waals surface area (Å²) in [5.74, 6) is -1.27. The van der Waals surface area contributed by atoms with Crippen LogP contribution in [0.1, 0.15) is 85.6 Å². The number of ether oxygens (including phenoxy) is 4. The molecule has 4 rings (SSSR count). The first kappa shape index (κ1) is 29.3. The molecule has 1 saturated carbocycles. The molecule has 39 heavy (non-hydrogen) atoms. The van der Waals surface area contributed by atoms with Crippen LogP contribution in [0.5, 0.6) is 0 Å². The van der Waals surface area contributed by atoms with Crippen LogP contribution in [0.2, 0.25) is 0 Å². The third-order valence-corrected chi connectivity index (χ3v) is 8.06. The predicted molar refractivity (Wildman–Crippen MR) is 143 cm³/mol. The number of rotatable bonds is 6. The molecule has 1 aromatic rings. The molecule has 2 saturated heterocycles. The van der Waals surface area contributed by atoms with E-state index in [0.717, 1.165) is 38.8 Å². The first-order chi connectivity index (χ1) is 18.4. The molecule has 3 fully saturated rings. The van der Waals surface area contributed by atoms with E-state index in [1.54, 1.807) is 17.0 Å². The molecule has 1 aliphatic carbocycles. The average Bonchev–Trinajstić information content (AvgIpc) is 2.89. The fourth-order valence-electron chi connectivity index (χ4n) is 5.67. The number of benzene rings is 1. The number of amides is 1. The van der Waals surface area contributed by atoms with Gasteiger partial charge in [-0.1, -0.05) is 6.07 Å². The molecule has 10 heteroatoms. The van der Waals surface area contributed by atoms with Crippen LogP contribution in [0.15, 0.2) is 18.2 Å². The van der Waals surface area contributed by atoms with Gasteiger partial charge in [0.25, 0.3) is 0 Å². The molecule has 0 radical (unpaired) electrons. The Bertz CT molecular complexity index is 1050. The number of carbonyl (C=O) groups excluding carboxylic acids is 3. The van der Waals surface area contributed by atoms with Gasteiger partial charge in [0.05, 0.1) is 43.2 Å². The monoisotopic (exact) mass is 546 g/mol. The molecule has 0 spiro atoms.